The fraction of sp³-hybridized carbons (Fsp3) is 0.839. The summed E-state index contributed by atoms with van der Waals surface area (Å²) in [5.74, 6) is 1.02. The third kappa shape index (κ3) is 9.42. The first-order valence-corrected chi connectivity index (χ1v) is 17.7. The summed E-state index contributed by atoms with van der Waals surface area (Å²) >= 11 is 0. The highest BCUT2D eigenvalue weighted by molar-refractivity contribution is 6.73. The van der Waals surface area contributed by atoms with E-state index in [9.17, 15) is 4.79 Å². The maximum absolute atomic E-state index is 10.8. The van der Waals surface area contributed by atoms with E-state index in [2.05, 4.69) is 85.9 Å². The molecule has 0 aromatic rings. The maximum atomic E-state index is 10.8. The molecule has 2 saturated heterocycles. The van der Waals surface area contributed by atoms with Gasteiger partial charge in [0.25, 0.3) is 0 Å². The van der Waals surface area contributed by atoms with Gasteiger partial charge in [0.1, 0.15) is 0 Å². The standard InChI is InChI=1S/C31H57NO6Si/c1-11-39(12-2,13-3)38-25(8)28(35-10)24(7)29-31(9,37-29)19-21(4)15-14-16-22(5)27-23(6)17-18-26(36-27)20-32-30(33)34/h14-16,21,23-29,32H,11-13,17-20H2,1-10H3,(H,33,34)/b15-14+,22-16+/t21-,23+,24-,25-,26-,27-,28-,29-,31-/m1/s1. The third-order valence-electron chi connectivity index (χ3n) is 9.30. The molecule has 0 aromatic heterocycles. The summed E-state index contributed by atoms with van der Waals surface area (Å²) in [7, 11) is 0.0943. The summed E-state index contributed by atoms with van der Waals surface area (Å²) in [5, 5.41) is 11.4. The SMILES string of the molecule is CC[Si](CC)(CC)O[C@H](C)[C@H](OC)[C@@H](C)[C@H]1O[C@]1(C)C[C@H](C)/C=C/C=C(\C)[C@H]1O[C@@H](CNC(=O)O)CC[C@@H]1C. The number of hydrogen-bond donors (Lipinski definition) is 2. The fourth-order valence-corrected chi connectivity index (χ4v) is 9.59. The second kappa shape index (κ2) is 15.2. The van der Waals surface area contributed by atoms with E-state index in [0.717, 1.165) is 37.4 Å². The zero-order valence-electron chi connectivity index (χ0n) is 26.3. The van der Waals surface area contributed by atoms with Crippen molar-refractivity contribution < 1.29 is 28.5 Å². The van der Waals surface area contributed by atoms with Crippen molar-refractivity contribution in [3.63, 3.8) is 0 Å². The van der Waals surface area contributed by atoms with Crippen LogP contribution >= 0.6 is 0 Å². The summed E-state index contributed by atoms with van der Waals surface area (Å²) in [6.45, 7) is 20.3. The number of allylic oxidation sites excluding steroid dienone is 3. The van der Waals surface area contributed by atoms with E-state index < -0.39 is 14.4 Å². The lowest BCUT2D eigenvalue weighted by Gasteiger charge is -2.36. The van der Waals surface area contributed by atoms with Gasteiger partial charge in [0.2, 0.25) is 0 Å². The molecule has 8 heteroatoms. The van der Waals surface area contributed by atoms with Crippen LogP contribution in [0.3, 0.4) is 0 Å². The molecule has 0 aromatic carbocycles. The van der Waals surface area contributed by atoms with E-state index in [4.69, 9.17) is 23.7 Å². The maximum Gasteiger partial charge on any atom is 0.404 e. The average Bonchev–Trinajstić information content (AvgIpc) is 3.57. The van der Waals surface area contributed by atoms with Crippen molar-refractivity contribution in [2.75, 3.05) is 13.7 Å². The van der Waals surface area contributed by atoms with Crippen molar-refractivity contribution >= 4 is 14.4 Å². The molecule has 2 aliphatic rings. The second-order valence-electron chi connectivity index (χ2n) is 12.4. The predicted octanol–water partition coefficient (Wildman–Crippen LogP) is 7.19. The van der Waals surface area contributed by atoms with E-state index >= 15 is 0 Å². The molecule has 7 nitrogen and oxygen atoms in total. The van der Waals surface area contributed by atoms with Crippen LogP contribution in [0, 0.1) is 17.8 Å². The summed E-state index contributed by atoms with van der Waals surface area (Å²) in [4.78, 5) is 10.8. The Morgan fingerprint density at radius 1 is 1.18 bits per heavy atom. The Morgan fingerprint density at radius 2 is 1.82 bits per heavy atom. The van der Waals surface area contributed by atoms with Crippen LogP contribution in [-0.4, -0.2) is 69.3 Å². The van der Waals surface area contributed by atoms with Gasteiger partial charge in [-0.1, -0.05) is 59.8 Å². The Kier molecular flexibility index (Phi) is 13.2. The number of carbonyl (C=O) groups is 1. The first kappa shape index (κ1) is 34.0. The number of methoxy groups -OCH3 is 1. The van der Waals surface area contributed by atoms with Crippen molar-refractivity contribution in [1.29, 1.82) is 0 Å². The molecule has 0 bridgehead atoms. The molecule has 2 fully saturated rings. The Bertz CT molecular complexity index is 822. The van der Waals surface area contributed by atoms with Gasteiger partial charge in [-0.3, -0.25) is 0 Å². The Balaban J connectivity index is 1.92. The first-order chi connectivity index (χ1) is 18.3. The Hall–Kier alpha value is -1.19. The highest BCUT2D eigenvalue weighted by Crippen LogP contribution is 2.47. The number of amides is 1. The van der Waals surface area contributed by atoms with Crippen LogP contribution < -0.4 is 5.32 Å². The molecule has 0 radical (unpaired) electrons. The molecular weight excluding hydrogens is 510 g/mol. The molecule has 2 aliphatic heterocycles. The first-order valence-electron chi connectivity index (χ1n) is 15.2. The Morgan fingerprint density at radius 3 is 2.38 bits per heavy atom. The van der Waals surface area contributed by atoms with Crippen LogP contribution in [0.15, 0.2) is 23.8 Å². The molecule has 0 spiro atoms. The minimum Gasteiger partial charge on any atom is -0.465 e. The van der Waals surface area contributed by atoms with Gasteiger partial charge in [-0.05, 0) is 75.6 Å². The fourth-order valence-electron chi connectivity index (χ4n) is 6.67. The molecule has 2 heterocycles. The van der Waals surface area contributed by atoms with Gasteiger partial charge in [0, 0.05) is 19.6 Å². The van der Waals surface area contributed by atoms with Crippen molar-refractivity contribution in [2.45, 2.75) is 136 Å². The van der Waals surface area contributed by atoms with Gasteiger partial charge >= 0.3 is 6.09 Å². The highest BCUT2D eigenvalue weighted by atomic mass is 28.4. The number of hydrogen-bond acceptors (Lipinski definition) is 5. The van der Waals surface area contributed by atoms with E-state index in [0.29, 0.717) is 18.4 Å². The number of rotatable bonds is 16. The van der Waals surface area contributed by atoms with Gasteiger partial charge in [0.15, 0.2) is 8.32 Å². The van der Waals surface area contributed by atoms with Crippen LogP contribution in [0.5, 0.6) is 0 Å². The predicted molar refractivity (Wildman–Crippen MR) is 161 cm³/mol. The minimum absolute atomic E-state index is 0.0109. The van der Waals surface area contributed by atoms with Crippen molar-refractivity contribution in [2.24, 2.45) is 17.8 Å². The van der Waals surface area contributed by atoms with E-state index in [1.54, 1.807) is 7.11 Å². The topological polar surface area (TPSA) is 89.5 Å². The lowest BCUT2D eigenvalue weighted by atomic mass is 9.85. The van der Waals surface area contributed by atoms with Crippen LogP contribution in [0.25, 0.3) is 0 Å². The molecule has 226 valence electrons. The van der Waals surface area contributed by atoms with Gasteiger partial charge in [-0.15, -0.1) is 0 Å². The van der Waals surface area contributed by atoms with Crippen LogP contribution in [-0.2, 0) is 18.6 Å². The van der Waals surface area contributed by atoms with E-state index in [1.807, 2.05) is 0 Å². The minimum atomic E-state index is -1.71. The Labute approximate surface area is 239 Å². The van der Waals surface area contributed by atoms with Crippen molar-refractivity contribution in [3.8, 4) is 0 Å². The smallest absolute Gasteiger partial charge is 0.404 e. The molecule has 2 rings (SSSR count). The zero-order chi connectivity index (χ0) is 29.4. The molecule has 39 heavy (non-hydrogen) atoms. The molecule has 0 unspecified atom stereocenters. The number of carboxylic acid groups (broad SMARTS) is 1. The molecular formula is C31H57NO6Si. The van der Waals surface area contributed by atoms with Crippen molar-refractivity contribution in [1.82, 2.24) is 5.32 Å². The summed E-state index contributed by atoms with van der Waals surface area (Å²) < 4.78 is 25.3. The lowest BCUT2D eigenvalue weighted by molar-refractivity contribution is -0.0571. The molecule has 9 atom stereocenters. The molecule has 2 N–H and O–H groups in total. The van der Waals surface area contributed by atoms with Crippen LogP contribution in [0.4, 0.5) is 4.79 Å². The highest BCUT2D eigenvalue weighted by Gasteiger charge is 2.57. The van der Waals surface area contributed by atoms with Crippen LogP contribution in [0.2, 0.25) is 18.1 Å². The second-order valence-corrected chi connectivity index (χ2v) is 17.1. The van der Waals surface area contributed by atoms with Gasteiger partial charge < -0.3 is 29.1 Å². The normalized spacial score (nSPS) is 31.1. The van der Waals surface area contributed by atoms with E-state index in [1.165, 1.54) is 5.57 Å². The zero-order valence-corrected chi connectivity index (χ0v) is 27.3. The van der Waals surface area contributed by atoms with Gasteiger partial charge in [-0.2, -0.15) is 0 Å². The molecule has 0 aliphatic carbocycles. The number of epoxide rings is 1. The van der Waals surface area contributed by atoms with Gasteiger partial charge in [0.05, 0.1) is 36.1 Å². The average molecular weight is 568 g/mol. The van der Waals surface area contributed by atoms with E-state index in [-0.39, 0.29) is 42.0 Å². The van der Waals surface area contributed by atoms with Crippen LogP contribution in [0.1, 0.15) is 81.6 Å². The molecule has 0 saturated carbocycles. The summed E-state index contributed by atoms with van der Waals surface area (Å²) in [5.41, 5.74) is 1.02. The van der Waals surface area contributed by atoms with Gasteiger partial charge in [-0.25, -0.2) is 4.79 Å². The summed E-state index contributed by atoms with van der Waals surface area (Å²) in [6.07, 6.45) is 8.55. The molecule has 1 amide bonds. The number of nitrogens with one attached hydrogen (secondary N) is 1. The van der Waals surface area contributed by atoms with Crippen molar-refractivity contribution in [3.05, 3.63) is 23.8 Å². The summed E-state index contributed by atoms with van der Waals surface area (Å²) in [6, 6.07) is 3.41. The lowest BCUT2D eigenvalue weighted by Crippen LogP contribution is -2.46. The monoisotopic (exact) mass is 567 g/mol. The number of ether oxygens (including phenoxy) is 3. The third-order valence-corrected chi connectivity index (χ3v) is 14.0. The quantitative estimate of drug-likeness (QED) is 0.117. The largest absolute Gasteiger partial charge is 0.465 e.